The molecule has 0 aliphatic carbocycles. The van der Waals surface area contributed by atoms with Crippen molar-refractivity contribution in [3.8, 4) is 22.6 Å². The van der Waals surface area contributed by atoms with Crippen molar-refractivity contribution in [2.45, 2.75) is 13.1 Å². The summed E-state index contributed by atoms with van der Waals surface area (Å²) in [6, 6.07) is 8.80. The monoisotopic (exact) mass is 524 g/mol. The zero-order valence-corrected chi connectivity index (χ0v) is 21.5. The van der Waals surface area contributed by atoms with Crippen LogP contribution in [0.5, 0.6) is 0 Å². The fourth-order valence-electron chi connectivity index (χ4n) is 3.71. The molecule has 0 spiro atoms. The van der Waals surface area contributed by atoms with Crippen molar-refractivity contribution < 1.29 is 28.2 Å². The molecule has 38 heavy (non-hydrogen) atoms. The van der Waals surface area contributed by atoms with Crippen LogP contribution < -0.4 is 5.32 Å². The van der Waals surface area contributed by atoms with E-state index in [1.807, 2.05) is 24.4 Å². The number of hydrogen-bond acceptors (Lipinski definition) is 9. The van der Waals surface area contributed by atoms with Gasteiger partial charge in [-0.3, -0.25) is 19.1 Å². The summed E-state index contributed by atoms with van der Waals surface area (Å²) in [4.78, 5) is 17.5. The van der Waals surface area contributed by atoms with Gasteiger partial charge < -0.3 is 28.7 Å². The predicted molar refractivity (Wildman–Crippen MR) is 139 cm³/mol. The van der Waals surface area contributed by atoms with Crippen LogP contribution in [-0.4, -0.2) is 84.3 Å². The second-order valence-corrected chi connectivity index (χ2v) is 8.14. The topological polar surface area (TPSA) is 128 Å². The molecule has 4 heterocycles. The molecule has 4 aromatic rings. The minimum Gasteiger partial charge on any atom is -0.459 e. The number of amides is 1. The lowest BCUT2D eigenvalue weighted by Crippen LogP contribution is -2.13. The van der Waals surface area contributed by atoms with E-state index < -0.39 is 5.91 Å². The summed E-state index contributed by atoms with van der Waals surface area (Å²) in [7, 11) is 3.26. The zero-order chi connectivity index (χ0) is 26.6. The highest BCUT2D eigenvalue weighted by atomic mass is 16.5. The third-order valence-electron chi connectivity index (χ3n) is 5.53. The molecule has 1 amide bonds. The Morgan fingerprint density at radius 2 is 1.76 bits per heavy atom. The molecule has 0 saturated heterocycles. The van der Waals surface area contributed by atoms with Crippen LogP contribution >= 0.6 is 0 Å². The molecular weight excluding hydrogens is 492 g/mol. The number of pyridine rings is 1. The lowest BCUT2D eigenvalue weighted by atomic mass is 10.1. The number of anilines is 1. The lowest BCUT2D eigenvalue weighted by molar-refractivity contribution is 0.0654. The Balaban J connectivity index is 1.68. The van der Waals surface area contributed by atoms with E-state index in [-0.39, 0.29) is 5.76 Å². The van der Waals surface area contributed by atoms with Gasteiger partial charge in [0.25, 0.3) is 5.91 Å². The Kier molecular flexibility index (Phi) is 10.2. The van der Waals surface area contributed by atoms with Crippen molar-refractivity contribution in [1.82, 2.24) is 24.5 Å². The fourth-order valence-corrected chi connectivity index (χ4v) is 3.71. The minimum atomic E-state index is -0.400. The summed E-state index contributed by atoms with van der Waals surface area (Å²) in [6.45, 7) is 3.87. The molecule has 0 bridgehead atoms. The molecule has 0 aliphatic rings. The summed E-state index contributed by atoms with van der Waals surface area (Å²) in [6.07, 6.45) is 6.76. The minimum absolute atomic E-state index is 0.183. The first-order valence-electron chi connectivity index (χ1n) is 12.2. The largest absolute Gasteiger partial charge is 0.459 e. The van der Waals surface area contributed by atoms with Gasteiger partial charge in [-0.15, -0.1) is 0 Å². The van der Waals surface area contributed by atoms with Gasteiger partial charge in [0.15, 0.2) is 5.76 Å². The molecule has 4 rings (SSSR count). The number of nitrogens with one attached hydrogen (secondary N) is 1. The highest BCUT2D eigenvalue weighted by Gasteiger charge is 2.25. The second kappa shape index (κ2) is 14.2. The molecule has 202 valence electrons. The molecule has 12 heteroatoms. The van der Waals surface area contributed by atoms with Gasteiger partial charge >= 0.3 is 0 Å². The standard InChI is InChI=1S/C26H32N6O6/c1-34-14-16-36-12-9-31-19-20(18-28-31)25-24(29-26(33)22-7-5-11-38-22)23(21-6-3-4-8-27-21)30-32(25)10-13-37-17-15-35-2/h3-8,11,18-19H,9-10,12-17H2,1-2H3,(H,29,33). The maximum atomic E-state index is 13.1. The van der Waals surface area contributed by atoms with Gasteiger partial charge in [-0.1, -0.05) is 6.07 Å². The number of hydrogen-bond donors (Lipinski definition) is 1. The van der Waals surface area contributed by atoms with Crippen LogP contribution in [0.25, 0.3) is 22.6 Å². The van der Waals surface area contributed by atoms with Crippen LogP contribution in [0, 0.1) is 0 Å². The maximum absolute atomic E-state index is 13.1. The number of carbonyl (C=O) groups excluding carboxylic acids is 1. The molecule has 0 saturated carbocycles. The Hall–Kier alpha value is -3.84. The first-order valence-corrected chi connectivity index (χ1v) is 12.2. The van der Waals surface area contributed by atoms with Gasteiger partial charge in [0.2, 0.25) is 0 Å². The smallest absolute Gasteiger partial charge is 0.291 e. The second-order valence-electron chi connectivity index (χ2n) is 8.14. The predicted octanol–water partition coefficient (Wildman–Crippen LogP) is 2.98. The van der Waals surface area contributed by atoms with E-state index in [1.165, 1.54) is 6.26 Å². The van der Waals surface area contributed by atoms with E-state index in [9.17, 15) is 4.79 Å². The van der Waals surface area contributed by atoms with Crippen molar-refractivity contribution in [2.24, 2.45) is 0 Å². The number of nitrogens with zero attached hydrogens (tertiary/aromatic N) is 5. The van der Waals surface area contributed by atoms with Crippen LogP contribution in [0.2, 0.25) is 0 Å². The molecule has 4 aromatic heterocycles. The van der Waals surface area contributed by atoms with E-state index in [2.05, 4.69) is 15.4 Å². The van der Waals surface area contributed by atoms with Crippen LogP contribution in [-0.2, 0) is 32.0 Å². The number of ether oxygens (including phenoxy) is 4. The van der Waals surface area contributed by atoms with Gasteiger partial charge in [0, 0.05) is 32.2 Å². The SMILES string of the molecule is COCCOCCn1cc(-c2c(NC(=O)c3ccco3)c(-c3ccccn3)nn2CCOCCOC)cn1. The molecule has 0 aliphatic heterocycles. The number of carbonyl (C=O) groups is 1. The summed E-state index contributed by atoms with van der Waals surface area (Å²) in [5, 5.41) is 12.3. The number of rotatable bonds is 16. The highest BCUT2D eigenvalue weighted by molar-refractivity contribution is 6.06. The number of methoxy groups -OCH3 is 2. The summed E-state index contributed by atoms with van der Waals surface area (Å²) in [5.74, 6) is -0.217. The van der Waals surface area contributed by atoms with E-state index >= 15 is 0 Å². The molecule has 1 N–H and O–H groups in total. The molecule has 0 aromatic carbocycles. The van der Waals surface area contributed by atoms with Crippen LogP contribution in [0.1, 0.15) is 10.6 Å². The molecule has 0 radical (unpaired) electrons. The van der Waals surface area contributed by atoms with E-state index in [0.717, 1.165) is 5.56 Å². The Morgan fingerprint density at radius 3 is 2.45 bits per heavy atom. The fraction of sp³-hybridized carbons (Fsp3) is 0.385. The average Bonchev–Trinajstić information content (AvgIpc) is 3.70. The third kappa shape index (κ3) is 7.13. The molecule has 0 fully saturated rings. The Labute approximate surface area is 220 Å². The number of aromatic nitrogens is 5. The number of furan rings is 1. The molecular formula is C26H32N6O6. The van der Waals surface area contributed by atoms with Gasteiger partial charge in [-0.2, -0.15) is 10.2 Å². The van der Waals surface area contributed by atoms with Crippen LogP contribution in [0.15, 0.2) is 59.6 Å². The Bertz CT molecular complexity index is 1250. The summed E-state index contributed by atoms with van der Waals surface area (Å²) in [5.41, 5.74) is 3.07. The summed E-state index contributed by atoms with van der Waals surface area (Å²) >= 11 is 0. The average molecular weight is 525 g/mol. The normalized spacial score (nSPS) is 11.2. The first-order chi connectivity index (χ1) is 18.7. The van der Waals surface area contributed by atoms with Crippen molar-refractivity contribution in [2.75, 3.05) is 59.2 Å². The van der Waals surface area contributed by atoms with Gasteiger partial charge in [0.1, 0.15) is 5.69 Å². The maximum Gasteiger partial charge on any atom is 0.291 e. The van der Waals surface area contributed by atoms with E-state index in [1.54, 1.807) is 48.1 Å². The molecule has 0 unspecified atom stereocenters. The van der Waals surface area contributed by atoms with Crippen LogP contribution in [0.4, 0.5) is 5.69 Å². The first kappa shape index (κ1) is 27.2. The zero-order valence-electron chi connectivity index (χ0n) is 21.5. The third-order valence-corrected chi connectivity index (χ3v) is 5.53. The Morgan fingerprint density at radius 1 is 0.974 bits per heavy atom. The van der Waals surface area contributed by atoms with E-state index in [4.69, 9.17) is 28.5 Å². The molecule has 12 nitrogen and oxygen atoms in total. The van der Waals surface area contributed by atoms with Crippen molar-refractivity contribution >= 4 is 11.6 Å². The quantitative estimate of drug-likeness (QED) is 0.220. The molecule has 0 atom stereocenters. The lowest BCUT2D eigenvalue weighted by Gasteiger charge is -2.10. The van der Waals surface area contributed by atoms with Gasteiger partial charge in [-0.25, -0.2) is 0 Å². The summed E-state index contributed by atoms with van der Waals surface area (Å²) < 4.78 is 30.3. The van der Waals surface area contributed by atoms with Crippen molar-refractivity contribution in [3.05, 3.63) is 60.9 Å². The highest BCUT2D eigenvalue weighted by Crippen LogP contribution is 2.36. The van der Waals surface area contributed by atoms with E-state index in [0.29, 0.717) is 75.5 Å². The van der Waals surface area contributed by atoms with Crippen molar-refractivity contribution in [3.63, 3.8) is 0 Å². The van der Waals surface area contributed by atoms with Gasteiger partial charge in [0.05, 0.1) is 82.3 Å². The van der Waals surface area contributed by atoms with Crippen molar-refractivity contribution in [1.29, 1.82) is 0 Å². The van der Waals surface area contributed by atoms with Crippen LogP contribution in [0.3, 0.4) is 0 Å². The van der Waals surface area contributed by atoms with Gasteiger partial charge in [-0.05, 0) is 24.3 Å².